The third-order valence-electron chi connectivity index (χ3n) is 0.211. The summed E-state index contributed by atoms with van der Waals surface area (Å²) in [4.78, 5) is 0. The van der Waals surface area contributed by atoms with E-state index in [1.165, 1.54) is 0 Å². The van der Waals surface area contributed by atoms with Crippen LogP contribution in [0.2, 0.25) is 0 Å². The zero-order chi connectivity index (χ0) is 4.28. The summed E-state index contributed by atoms with van der Waals surface area (Å²) in [7, 11) is 0. The van der Waals surface area contributed by atoms with Crippen LogP contribution in [0.25, 0.3) is 0 Å². The van der Waals surface area contributed by atoms with Crippen molar-refractivity contribution < 1.29 is 21.4 Å². The second kappa shape index (κ2) is 2.76. The van der Waals surface area contributed by atoms with E-state index in [0.717, 1.165) is 0 Å². The van der Waals surface area contributed by atoms with E-state index in [4.69, 9.17) is 0 Å². The summed E-state index contributed by atoms with van der Waals surface area (Å²) in [5.74, 6) is 0. The van der Waals surface area contributed by atoms with Gasteiger partial charge in [-0.1, -0.05) is 0 Å². The fourth-order valence-electron chi connectivity index (χ4n) is 0. The van der Waals surface area contributed by atoms with E-state index in [1.54, 1.807) is 0 Å². The molecule has 0 aromatic carbocycles. The third kappa shape index (κ3) is 4.54. The summed E-state index contributed by atoms with van der Waals surface area (Å²) >= 11 is 2.07. The predicted octanol–water partition coefficient (Wildman–Crippen LogP) is 0.873. The van der Waals surface area contributed by atoms with Gasteiger partial charge in [-0.2, -0.15) is 0 Å². The molecule has 2 heteroatoms. The van der Waals surface area contributed by atoms with Gasteiger partial charge in [-0.15, -0.1) is 0 Å². The summed E-state index contributed by atoms with van der Waals surface area (Å²) in [6.07, 6.45) is 0.356. The summed E-state index contributed by atoms with van der Waals surface area (Å²) in [5, 5.41) is 0. The molecule has 0 N–H and O–H groups in total. The quantitative estimate of drug-likeness (QED) is 0.486. The van der Waals surface area contributed by atoms with Crippen molar-refractivity contribution in [1.29, 1.82) is 0 Å². The molecule has 1 nitrogen and oxygen atoms in total. The van der Waals surface area contributed by atoms with E-state index in [2.05, 4.69) is 21.4 Å². The first-order chi connectivity index (χ1) is 2.27. The van der Waals surface area contributed by atoms with E-state index in [1.807, 2.05) is 13.8 Å². The summed E-state index contributed by atoms with van der Waals surface area (Å²) < 4.78 is 4.69. The fraction of sp³-hybridized carbons (Fsp3) is 1.00. The first-order valence-corrected chi connectivity index (χ1v) is 2.14. The van der Waals surface area contributed by atoms with Crippen LogP contribution in [0.3, 0.4) is 0 Å². The Hall–Kier alpha value is 0.544. The molecule has 0 aromatic rings. The Kier molecular flexibility index (Phi) is 3.07. The van der Waals surface area contributed by atoms with Gasteiger partial charge in [0.05, 0.1) is 0 Å². The van der Waals surface area contributed by atoms with Crippen LogP contribution in [0.4, 0.5) is 0 Å². The molecular weight excluding hydrogens is 103 g/mol. The molecule has 0 atom stereocenters. The van der Waals surface area contributed by atoms with Gasteiger partial charge in [0.1, 0.15) is 0 Å². The van der Waals surface area contributed by atoms with Crippen molar-refractivity contribution in [3.05, 3.63) is 0 Å². The predicted molar refractivity (Wildman–Crippen MR) is 16.2 cm³/mol. The summed E-state index contributed by atoms with van der Waals surface area (Å²) in [5.41, 5.74) is 0. The zero-order valence-electron chi connectivity index (χ0n) is 3.43. The van der Waals surface area contributed by atoms with E-state index < -0.39 is 0 Å². The molecular formula is C3H7OV. The van der Waals surface area contributed by atoms with Gasteiger partial charge in [0.2, 0.25) is 0 Å². The van der Waals surface area contributed by atoms with Crippen LogP contribution in [-0.2, 0) is 21.4 Å². The maximum atomic E-state index is 4.69. The molecule has 30 valence electrons. The van der Waals surface area contributed by atoms with Crippen LogP contribution < -0.4 is 0 Å². The molecule has 0 amide bonds. The van der Waals surface area contributed by atoms with Crippen LogP contribution in [0.1, 0.15) is 13.8 Å². The van der Waals surface area contributed by atoms with Gasteiger partial charge in [-0.3, -0.25) is 0 Å². The van der Waals surface area contributed by atoms with E-state index in [-0.39, 0.29) is 0 Å². The van der Waals surface area contributed by atoms with Crippen LogP contribution in [0.15, 0.2) is 0 Å². The molecule has 0 aliphatic rings. The Morgan fingerprint density at radius 2 is 1.80 bits per heavy atom. The molecule has 5 heavy (non-hydrogen) atoms. The maximum absolute atomic E-state index is 4.69. The minimum absolute atomic E-state index is 0.356. The van der Waals surface area contributed by atoms with E-state index >= 15 is 0 Å². The first-order valence-electron chi connectivity index (χ1n) is 1.57. The monoisotopic (exact) mass is 110 g/mol. The van der Waals surface area contributed by atoms with Crippen LogP contribution in [-0.4, -0.2) is 6.10 Å². The average Bonchev–Trinajstić information content (AvgIpc) is 1.38. The van der Waals surface area contributed by atoms with Gasteiger partial charge in [-0.25, -0.2) is 0 Å². The van der Waals surface area contributed by atoms with Crippen molar-refractivity contribution in [2.24, 2.45) is 0 Å². The Balaban J connectivity index is 2.54. The summed E-state index contributed by atoms with van der Waals surface area (Å²) in [6.45, 7) is 3.97. The van der Waals surface area contributed by atoms with Gasteiger partial charge in [-0.05, 0) is 0 Å². The van der Waals surface area contributed by atoms with Crippen LogP contribution in [0, 0.1) is 0 Å². The zero-order valence-corrected chi connectivity index (χ0v) is 4.83. The number of rotatable bonds is 1. The Morgan fingerprint density at radius 1 is 1.60 bits per heavy atom. The van der Waals surface area contributed by atoms with Crippen molar-refractivity contribution in [2.75, 3.05) is 0 Å². The Bertz CT molecular complexity index is 20.9. The second-order valence-corrected chi connectivity index (χ2v) is 1.48. The van der Waals surface area contributed by atoms with Gasteiger partial charge < -0.3 is 0 Å². The standard InChI is InChI=1S/C3H7O.V/c1-3(2)4;/h3H,1-2H3;/q-1;+1. The van der Waals surface area contributed by atoms with Crippen LogP contribution in [0.5, 0.6) is 0 Å². The van der Waals surface area contributed by atoms with Crippen molar-refractivity contribution in [1.82, 2.24) is 0 Å². The summed E-state index contributed by atoms with van der Waals surface area (Å²) in [6, 6.07) is 0. The molecule has 0 saturated heterocycles. The van der Waals surface area contributed by atoms with Gasteiger partial charge in [0.25, 0.3) is 0 Å². The van der Waals surface area contributed by atoms with Crippen molar-refractivity contribution in [2.45, 2.75) is 20.0 Å². The molecule has 0 unspecified atom stereocenters. The SMILES string of the molecule is CC(C)[O][V]. The average molecular weight is 110 g/mol. The molecule has 0 heterocycles. The first kappa shape index (κ1) is 5.54. The van der Waals surface area contributed by atoms with Crippen molar-refractivity contribution >= 4 is 0 Å². The normalized spacial score (nSPS) is 9.40. The van der Waals surface area contributed by atoms with E-state index in [9.17, 15) is 0 Å². The molecule has 0 bridgehead atoms. The molecule has 0 rings (SSSR count). The van der Waals surface area contributed by atoms with E-state index in [0.29, 0.717) is 6.10 Å². The molecule has 0 aliphatic carbocycles. The fourth-order valence-corrected chi connectivity index (χ4v) is 0. The van der Waals surface area contributed by atoms with Gasteiger partial charge in [0.15, 0.2) is 0 Å². The molecule has 0 fully saturated rings. The van der Waals surface area contributed by atoms with Crippen molar-refractivity contribution in [3.63, 3.8) is 0 Å². The minimum atomic E-state index is 0.356. The Labute approximate surface area is 42.0 Å². The molecule has 0 aliphatic heterocycles. The topological polar surface area (TPSA) is 9.23 Å². The number of hydrogen-bond acceptors (Lipinski definition) is 1. The molecule has 0 saturated carbocycles. The van der Waals surface area contributed by atoms with Crippen LogP contribution >= 0.6 is 0 Å². The molecule has 0 aromatic heterocycles. The molecule has 0 spiro atoms. The van der Waals surface area contributed by atoms with Crippen molar-refractivity contribution in [3.8, 4) is 0 Å². The number of hydrogen-bond donors (Lipinski definition) is 0. The van der Waals surface area contributed by atoms with Gasteiger partial charge in [0, 0.05) is 0 Å². The molecule has 0 radical (unpaired) electrons. The second-order valence-electron chi connectivity index (χ2n) is 1.15. The Morgan fingerprint density at radius 3 is 1.80 bits per heavy atom. The van der Waals surface area contributed by atoms with Gasteiger partial charge >= 0.3 is 41.4 Å². The third-order valence-corrected chi connectivity index (χ3v) is 0.869.